The predicted molar refractivity (Wildman–Crippen MR) is 108 cm³/mol. The molecule has 6 nitrogen and oxygen atoms in total. The number of hydrogen-bond donors (Lipinski definition) is 1. The van der Waals surface area contributed by atoms with Gasteiger partial charge in [0.2, 0.25) is 0 Å². The molecule has 0 aliphatic rings. The normalized spacial score (nSPS) is 11.3. The minimum Gasteiger partial charge on any atom is -0.489 e. The van der Waals surface area contributed by atoms with Crippen LogP contribution in [0.2, 0.25) is 0 Å². The standard InChI is InChI=1S/C23H22N2O4/c1-28-23(27)21(25-22(26)19-11-13-24-14-12-19)15-17-7-9-20(10-8-17)29-16-18-5-3-2-4-6-18/h2-14,21H,15-16H2,1H3,(H,25,26)/t21-/m0/s1. The van der Waals surface area contributed by atoms with Crippen molar-refractivity contribution in [3.8, 4) is 5.75 Å². The first kappa shape index (κ1) is 20.1. The van der Waals surface area contributed by atoms with Crippen molar-refractivity contribution in [1.82, 2.24) is 10.3 Å². The fourth-order valence-electron chi connectivity index (χ4n) is 2.78. The van der Waals surface area contributed by atoms with Gasteiger partial charge in [0.05, 0.1) is 7.11 Å². The van der Waals surface area contributed by atoms with E-state index in [1.54, 1.807) is 12.1 Å². The molecule has 0 radical (unpaired) electrons. The van der Waals surface area contributed by atoms with Gasteiger partial charge in [-0.05, 0) is 35.4 Å². The number of aromatic nitrogens is 1. The highest BCUT2D eigenvalue weighted by molar-refractivity contribution is 5.96. The van der Waals surface area contributed by atoms with E-state index in [0.29, 0.717) is 18.6 Å². The lowest BCUT2D eigenvalue weighted by Gasteiger charge is -2.17. The summed E-state index contributed by atoms with van der Waals surface area (Å²) < 4.78 is 10.6. The molecule has 0 spiro atoms. The highest BCUT2D eigenvalue weighted by Gasteiger charge is 2.22. The molecule has 0 saturated carbocycles. The number of methoxy groups -OCH3 is 1. The molecule has 1 aromatic heterocycles. The highest BCUT2D eigenvalue weighted by Crippen LogP contribution is 2.16. The van der Waals surface area contributed by atoms with Gasteiger partial charge in [0.25, 0.3) is 5.91 Å². The van der Waals surface area contributed by atoms with Crippen LogP contribution < -0.4 is 10.1 Å². The third-order valence-corrected chi connectivity index (χ3v) is 4.35. The van der Waals surface area contributed by atoms with E-state index in [1.807, 2.05) is 54.6 Å². The van der Waals surface area contributed by atoms with Gasteiger partial charge in [-0.25, -0.2) is 4.79 Å². The Kier molecular flexibility index (Phi) is 6.95. The van der Waals surface area contributed by atoms with E-state index in [-0.39, 0.29) is 5.91 Å². The van der Waals surface area contributed by atoms with Crippen molar-refractivity contribution in [2.75, 3.05) is 7.11 Å². The van der Waals surface area contributed by atoms with Crippen molar-refractivity contribution in [3.05, 3.63) is 95.8 Å². The van der Waals surface area contributed by atoms with Gasteiger partial charge in [0.1, 0.15) is 18.4 Å². The SMILES string of the molecule is COC(=O)[C@H](Cc1ccc(OCc2ccccc2)cc1)NC(=O)c1ccncc1. The maximum Gasteiger partial charge on any atom is 0.328 e. The van der Waals surface area contributed by atoms with Crippen LogP contribution in [-0.4, -0.2) is 30.0 Å². The zero-order valence-electron chi connectivity index (χ0n) is 16.1. The van der Waals surface area contributed by atoms with Crippen LogP contribution in [0.25, 0.3) is 0 Å². The van der Waals surface area contributed by atoms with Gasteiger partial charge in [0, 0.05) is 24.4 Å². The minimum absolute atomic E-state index is 0.308. The van der Waals surface area contributed by atoms with E-state index in [4.69, 9.17) is 9.47 Å². The number of esters is 1. The zero-order chi connectivity index (χ0) is 20.5. The number of hydrogen-bond acceptors (Lipinski definition) is 5. The summed E-state index contributed by atoms with van der Waals surface area (Å²) in [4.78, 5) is 28.4. The predicted octanol–water partition coefficient (Wildman–Crippen LogP) is 3.17. The quantitative estimate of drug-likeness (QED) is 0.598. The number of amides is 1. The molecular weight excluding hydrogens is 368 g/mol. The average Bonchev–Trinajstić information content (AvgIpc) is 2.78. The molecule has 0 aliphatic carbocycles. The van der Waals surface area contributed by atoms with Crippen LogP contribution in [0, 0.1) is 0 Å². The van der Waals surface area contributed by atoms with Gasteiger partial charge in [-0.1, -0.05) is 42.5 Å². The van der Waals surface area contributed by atoms with Crippen LogP contribution in [0.1, 0.15) is 21.5 Å². The molecule has 0 unspecified atom stereocenters. The Morgan fingerprint density at radius 1 is 0.931 bits per heavy atom. The Bertz CT molecular complexity index is 928. The Morgan fingerprint density at radius 3 is 2.28 bits per heavy atom. The molecule has 3 aromatic rings. The number of carbonyl (C=O) groups excluding carboxylic acids is 2. The van der Waals surface area contributed by atoms with Crippen molar-refractivity contribution < 1.29 is 19.1 Å². The van der Waals surface area contributed by atoms with Crippen LogP contribution in [-0.2, 0) is 22.6 Å². The molecule has 0 saturated heterocycles. The van der Waals surface area contributed by atoms with Gasteiger partial charge in [-0.15, -0.1) is 0 Å². The van der Waals surface area contributed by atoms with E-state index >= 15 is 0 Å². The second-order valence-corrected chi connectivity index (χ2v) is 6.41. The van der Waals surface area contributed by atoms with Crippen LogP contribution >= 0.6 is 0 Å². The summed E-state index contributed by atoms with van der Waals surface area (Å²) in [7, 11) is 1.30. The molecule has 2 aromatic carbocycles. The molecule has 148 valence electrons. The Balaban J connectivity index is 1.61. The summed E-state index contributed by atoms with van der Waals surface area (Å²) in [5.41, 5.74) is 2.39. The number of ether oxygens (including phenoxy) is 2. The van der Waals surface area contributed by atoms with Gasteiger partial charge < -0.3 is 14.8 Å². The third-order valence-electron chi connectivity index (χ3n) is 4.35. The molecular formula is C23H22N2O4. The fourth-order valence-corrected chi connectivity index (χ4v) is 2.78. The average molecular weight is 390 g/mol. The minimum atomic E-state index is -0.795. The summed E-state index contributed by atoms with van der Waals surface area (Å²) in [5.74, 6) is -0.129. The number of carbonyl (C=O) groups is 2. The first-order chi connectivity index (χ1) is 14.2. The van der Waals surface area contributed by atoms with Crippen molar-refractivity contribution in [2.24, 2.45) is 0 Å². The van der Waals surface area contributed by atoms with Crippen molar-refractivity contribution >= 4 is 11.9 Å². The van der Waals surface area contributed by atoms with E-state index in [2.05, 4.69) is 10.3 Å². The fraction of sp³-hybridized carbons (Fsp3) is 0.174. The van der Waals surface area contributed by atoms with Gasteiger partial charge in [-0.2, -0.15) is 0 Å². The summed E-state index contributed by atoms with van der Waals surface area (Å²) in [6.45, 7) is 0.479. The number of benzene rings is 2. The molecule has 1 heterocycles. The highest BCUT2D eigenvalue weighted by atomic mass is 16.5. The maximum absolute atomic E-state index is 12.4. The van der Waals surface area contributed by atoms with Crippen LogP contribution in [0.5, 0.6) is 5.75 Å². The lowest BCUT2D eigenvalue weighted by atomic mass is 10.1. The lowest BCUT2D eigenvalue weighted by Crippen LogP contribution is -2.43. The topological polar surface area (TPSA) is 77.5 Å². The van der Waals surface area contributed by atoms with Crippen LogP contribution in [0.4, 0.5) is 0 Å². The number of nitrogens with one attached hydrogen (secondary N) is 1. The molecule has 0 bridgehead atoms. The maximum atomic E-state index is 12.4. The Labute approximate surface area is 169 Å². The smallest absolute Gasteiger partial charge is 0.328 e. The molecule has 1 atom stereocenters. The molecule has 29 heavy (non-hydrogen) atoms. The largest absolute Gasteiger partial charge is 0.489 e. The van der Waals surface area contributed by atoms with Crippen molar-refractivity contribution in [2.45, 2.75) is 19.1 Å². The van der Waals surface area contributed by atoms with E-state index in [9.17, 15) is 9.59 Å². The van der Waals surface area contributed by atoms with Crippen LogP contribution in [0.15, 0.2) is 79.1 Å². The number of nitrogens with zero attached hydrogens (tertiary/aromatic N) is 1. The summed E-state index contributed by atoms with van der Waals surface area (Å²) in [6.07, 6.45) is 3.36. The summed E-state index contributed by atoms with van der Waals surface area (Å²) in [5, 5.41) is 2.72. The Hall–Kier alpha value is -3.67. The van der Waals surface area contributed by atoms with Gasteiger partial charge in [0.15, 0.2) is 0 Å². The van der Waals surface area contributed by atoms with E-state index in [0.717, 1.165) is 16.9 Å². The lowest BCUT2D eigenvalue weighted by molar-refractivity contribution is -0.142. The second-order valence-electron chi connectivity index (χ2n) is 6.41. The van der Waals surface area contributed by atoms with E-state index in [1.165, 1.54) is 19.5 Å². The zero-order valence-corrected chi connectivity index (χ0v) is 16.1. The second kappa shape index (κ2) is 10.0. The molecule has 1 N–H and O–H groups in total. The van der Waals surface area contributed by atoms with Gasteiger partial charge >= 0.3 is 5.97 Å². The molecule has 0 aliphatic heterocycles. The summed E-state index contributed by atoms with van der Waals surface area (Å²) in [6, 6.07) is 19.7. The van der Waals surface area contributed by atoms with Gasteiger partial charge in [-0.3, -0.25) is 9.78 Å². The van der Waals surface area contributed by atoms with E-state index < -0.39 is 12.0 Å². The Morgan fingerprint density at radius 2 is 1.62 bits per heavy atom. The summed E-state index contributed by atoms with van der Waals surface area (Å²) >= 11 is 0. The molecule has 0 fully saturated rings. The molecule has 1 amide bonds. The third kappa shape index (κ3) is 5.90. The first-order valence-electron chi connectivity index (χ1n) is 9.20. The van der Waals surface area contributed by atoms with Crippen molar-refractivity contribution in [1.29, 1.82) is 0 Å². The number of rotatable bonds is 8. The first-order valence-corrected chi connectivity index (χ1v) is 9.20. The van der Waals surface area contributed by atoms with Crippen LogP contribution in [0.3, 0.4) is 0 Å². The molecule has 3 rings (SSSR count). The molecule has 6 heteroatoms. The number of pyridine rings is 1. The monoisotopic (exact) mass is 390 g/mol. The van der Waals surface area contributed by atoms with Crippen molar-refractivity contribution in [3.63, 3.8) is 0 Å².